The van der Waals surface area contributed by atoms with Gasteiger partial charge in [0.25, 0.3) is 0 Å². The van der Waals surface area contributed by atoms with Gasteiger partial charge in [-0.2, -0.15) is 0 Å². The molecular weight excluding hydrogens is 741 g/mol. The van der Waals surface area contributed by atoms with E-state index in [2.05, 4.69) is 174 Å². The molecule has 0 saturated carbocycles. The summed E-state index contributed by atoms with van der Waals surface area (Å²) in [5.41, 5.74) is 7.55. The van der Waals surface area contributed by atoms with Crippen molar-refractivity contribution in [3.63, 3.8) is 0 Å². The molecule has 0 saturated heterocycles. The van der Waals surface area contributed by atoms with Crippen molar-refractivity contribution in [2.75, 3.05) is 0 Å². The molecule has 274 valence electrons. The van der Waals surface area contributed by atoms with Crippen LogP contribution in [0.1, 0.15) is 0 Å². The standard InChI is InChI=1S/C53H30N4OS/c1-2-14-33-28-45-42(26-32(33)13-1)37-17-5-8-21-44(37)57(45)46-29-35(27-43-38-18-6-9-22-47(38)58-50(43)46)52-54-51(34-24-25-40-39-19-7-10-23-48(39)59-49(40)30-34)55-53(56-52)41-20-11-15-31-12-3-4-16-36(31)41/h1-30H. The highest BCUT2D eigenvalue weighted by molar-refractivity contribution is 7.25. The molecule has 0 radical (unpaired) electrons. The van der Waals surface area contributed by atoms with Gasteiger partial charge in [-0.15, -0.1) is 11.3 Å². The zero-order chi connectivity index (χ0) is 38.6. The normalized spacial score (nSPS) is 12.1. The van der Waals surface area contributed by atoms with Gasteiger partial charge in [-0.1, -0.05) is 133 Å². The van der Waals surface area contributed by atoms with Crippen molar-refractivity contribution >= 4 is 96.8 Å². The predicted octanol–water partition coefficient (Wildman–Crippen LogP) is 14.5. The van der Waals surface area contributed by atoms with Gasteiger partial charge in [-0.05, 0) is 70.1 Å². The molecule has 4 heterocycles. The number of aromatic nitrogens is 4. The molecule has 9 aromatic carbocycles. The summed E-state index contributed by atoms with van der Waals surface area (Å²) in [4.78, 5) is 15.9. The van der Waals surface area contributed by atoms with E-state index in [0.717, 1.165) is 66.1 Å². The van der Waals surface area contributed by atoms with Gasteiger partial charge in [-0.3, -0.25) is 0 Å². The second-order valence-corrected chi connectivity index (χ2v) is 16.3. The van der Waals surface area contributed by atoms with Crippen molar-refractivity contribution < 1.29 is 4.42 Å². The van der Waals surface area contributed by atoms with Crippen LogP contribution >= 0.6 is 11.3 Å². The zero-order valence-corrected chi connectivity index (χ0v) is 32.2. The fourth-order valence-corrected chi connectivity index (χ4v) is 10.2. The molecule has 6 heteroatoms. The quantitative estimate of drug-likeness (QED) is 0.179. The monoisotopic (exact) mass is 770 g/mol. The van der Waals surface area contributed by atoms with Crippen molar-refractivity contribution in [3.8, 4) is 39.9 Å². The highest BCUT2D eigenvalue weighted by Gasteiger charge is 2.22. The Labute approximate surface area is 341 Å². The number of nitrogens with zero attached hydrogens (tertiary/aromatic N) is 4. The Morgan fingerprint density at radius 1 is 0.390 bits per heavy atom. The lowest BCUT2D eigenvalue weighted by atomic mass is 10.0. The topological polar surface area (TPSA) is 56.7 Å². The lowest BCUT2D eigenvalue weighted by Gasteiger charge is -2.13. The van der Waals surface area contributed by atoms with Crippen molar-refractivity contribution in [2.24, 2.45) is 0 Å². The predicted molar refractivity (Wildman–Crippen MR) is 246 cm³/mol. The van der Waals surface area contributed by atoms with Gasteiger partial charge in [-0.25, -0.2) is 15.0 Å². The number of benzene rings is 9. The van der Waals surface area contributed by atoms with Gasteiger partial charge < -0.3 is 8.98 Å². The third-order valence-corrected chi connectivity index (χ3v) is 12.9. The van der Waals surface area contributed by atoms with Crippen LogP contribution in [-0.2, 0) is 0 Å². The molecule has 59 heavy (non-hydrogen) atoms. The van der Waals surface area contributed by atoms with Crippen molar-refractivity contribution in [1.82, 2.24) is 19.5 Å². The maximum atomic E-state index is 6.81. The van der Waals surface area contributed by atoms with Crippen LogP contribution in [0, 0.1) is 0 Å². The summed E-state index contributed by atoms with van der Waals surface area (Å²) in [5, 5.41) is 11.5. The van der Waals surface area contributed by atoms with Crippen LogP contribution in [0.3, 0.4) is 0 Å². The molecular formula is C53H30N4OS. The van der Waals surface area contributed by atoms with Crippen LogP contribution in [0.2, 0.25) is 0 Å². The first-order valence-electron chi connectivity index (χ1n) is 19.8. The Kier molecular flexibility index (Phi) is 6.82. The Balaban J connectivity index is 1.12. The molecule has 5 nitrogen and oxygen atoms in total. The fraction of sp³-hybridized carbons (Fsp3) is 0. The van der Waals surface area contributed by atoms with E-state index in [9.17, 15) is 0 Å². The van der Waals surface area contributed by atoms with Crippen LogP contribution in [0.15, 0.2) is 186 Å². The lowest BCUT2D eigenvalue weighted by Crippen LogP contribution is -2.02. The minimum Gasteiger partial charge on any atom is -0.454 e. The van der Waals surface area contributed by atoms with Crippen LogP contribution in [0.25, 0.3) is 125 Å². The number of hydrogen-bond acceptors (Lipinski definition) is 5. The minimum atomic E-state index is 0.592. The average molecular weight is 771 g/mol. The Hall–Kier alpha value is -7.67. The Morgan fingerprint density at radius 2 is 1.05 bits per heavy atom. The first kappa shape index (κ1) is 32.4. The highest BCUT2D eigenvalue weighted by atomic mass is 32.1. The van der Waals surface area contributed by atoms with Crippen LogP contribution in [0.4, 0.5) is 0 Å². The SMILES string of the molecule is c1ccc2cc3c(cc2c1)c1ccccc1n3-c1cc(-c2nc(-c3ccc4c(c3)sc3ccccc34)nc(-c3cccc4ccccc34)n2)cc2c1oc1ccccc12. The molecule has 13 aromatic rings. The molecule has 13 rings (SSSR count). The zero-order valence-electron chi connectivity index (χ0n) is 31.4. The van der Waals surface area contributed by atoms with Gasteiger partial charge in [0.1, 0.15) is 5.58 Å². The average Bonchev–Trinajstić information content (AvgIpc) is 3.97. The Morgan fingerprint density at radius 3 is 1.93 bits per heavy atom. The number of para-hydroxylation sites is 2. The van der Waals surface area contributed by atoms with Crippen LogP contribution < -0.4 is 0 Å². The number of furan rings is 1. The lowest BCUT2D eigenvalue weighted by molar-refractivity contribution is 0.666. The van der Waals surface area contributed by atoms with E-state index in [0.29, 0.717) is 17.5 Å². The minimum absolute atomic E-state index is 0.592. The van der Waals surface area contributed by atoms with E-state index in [-0.39, 0.29) is 0 Å². The molecule has 4 aromatic heterocycles. The summed E-state index contributed by atoms with van der Waals surface area (Å²) in [6.07, 6.45) is 0. The van der Waals surface area contributed by atoms with Gasteiger partial charge in [0.05, 0.1) is 16.7 Å². The summed E-state index contributed by atoms with van der Waals surface area (Å²) < 4.78 is 11.6. The molecule has 0 atom stereocenters. The summed E-state index contributed by atoms with van der Waals surface area (Å²) in [6, 6.07) is 64.4. The molecule has 0 spiro atoms. The summed E-state index contributed by atoms with van der Waals surface area (Å²) in [5.74, 6) is 1.84. The van der Waals surface area contributed by atoms with Gasteiger partial charge in [0, 0.05) is 58.4 Å². The van der Waals surface area contributed by atoms with Gasteiger partial charge in [0.2, 0.25) is 0 Å². The van der Waals surface area contributed by atoms with Crippen molar-refractivity contribution in [1.29, 1.82) is 0 Å². The molecule has 0 fully saturated rings. The van der Waals surface area contributed by atoms with Crippen molar-refractivity contribution in [3.05, 3.63) is 182 Å². The third kappa shape index (κ3) is 4.94. The molecule has 0 aliphatic heterocycles. The van der Waals surface area contributed by atoms with Crippen molar-refractivity contribution in [2.45, 2.75) is 0 Å². The number of rotatable bonds is 4. The van der Waals surface area contributed by atoms with E-state index in [1.54, 1.807) is 11.3 Å². The molecule has 0 amide bonds. The molecule has 0 bridgehead atoms. The molecule has 0 unspecified atom stereocenters. The molecule has 0 N–H and O–H groups in total. The van der Waals surface area contributed by atoms with E-state index in [4.69, 9.17) is 19.4 Å². The second-order valence-electron chi connectivity index (χ2n) is 15.2. The number of hydrogen-bond donors (Lipinski definition) is 0. The molecule has 0 aliphatic carbocycles. The van der Waals surface area contributed by atoms with E-state index in [1.165, 1.54) is 41.7 Å². The first-order valence-corrected chi connectivity index (χ1v) is 20.6. The third-order valence-electron chi connectivity index (χ3n) is 11.8. The van der Waals surface area contributed by atoms with Crippen LogP contribution in [-0.4, -0.2) is 19.5 Å². The maximum Gasteiger partial charge on any atom is 0.164 e. The molecule has 0 aliphatic rings. The number of fused-ring (bicyclic) bond motifs is 11. The maximum absolute atomic E-state index is 6.81. The fourth-order valence-electron chi connectivity index (χ4n) is 9.06. The van der Waals surface area contributed by atoms with Gasteiger partial charge in [0.15, 0.2) is 23.1 Å². The largest absolute Gasteiger partial charge is 0.454 e. The summed E-state index contributed by atoms with van der Waals surface area (Å²) >= 11 is 1.80. The number of thiophene rings is 1. The Bertz CT molecular complexity index is 3870. The van der Waals surface area contributed by atoms with Crippen LogP contribution in [0.5, 0.6) is 0 Å². The van der Waals surface area contributed by atoms with Gasteiger partial charge >= 0.3 is 0 Å². The first-order chi connectivity index (χ1) is 29.2. The van der Waals surface area contributed by atoms with E-state index < -0.39 is 0 Å². The van der Waals surface area contributed by atoms with E-state index >= 15 is 0 Å². The smallest absolute Gasteiger partial charge is 0.164 e. The summed E-state index contributed by atoms with van der Waals surface area (Å²) in [6.45, 7) is 0. The highest BCUT2D eigenvalue weighted by Crippen LogP contribution is 2.42. The summed E-state index contributed by atoms with van der Waals surface area (Å²) in [7, 11) is 0. The van der Waals surface area contributed by atoms with E-state index in [1.807, 2.05) is 12.1 Å². The second kappa shape index (κ2) is 12.4.